The predicted octanol–water partition coefficient (Wildman–Crippen LogP) is 2.62. The van der Waals surface area contributed by atoms with E-state index < -0.39 is 6.10 Å². The van der Waals surface area contributed by atoms with Gasteiger partial charge in [0.1, 0.15) is 5.75 Å². The lowest BCUT2D eigenvalue weighted by Gasteiger charge is -2.34. The molecule has 0 aliphatic carbocycles. The van der Waals surface area contributed by atoms with Crippen LogP contribution in [0.15, 0.2) is 24.3 Å². The minimum atomic E-state index is -0.506. The van der Waals surface area contributed by atoms with Gasteiger partial charge < -0.3 is 14.5 Å². The number of hydrogen-bond acceptors (Lipinski definition) is 3. The Balaban J connectivity index is 1.48. The van der Waals surface area contributed by atoms with Crippen LogP contribution in [0.25, 0.3) is 0 Å². The van der Waals surface area contributed by atoms with Gasteiger partial charge in [-0.3, -0.25) is 9.59 Å². The van der Waals surface area contributed by atoms with Gasteiger partial charge >= 0.3 is 0 Å². The number of carbonyl (C=O) groups is 2. The van der Waals surface area contributed by atoms with Gasteiger partial charge in [0.05, 0.1) is 0 Å². The Morgan fingerprint density at radius 1 is 1.00 bits per heavy atom. The Kier molecular flexibility index (Phi) is 5.61. The highest BCUT2D eigenvalue weighted by molar-refractivity contribution is 5.82. The highest BCUT2D eigenvalue weighted by Crippen LogP contribution is 2.23. The first kappa shape index (κ1) is 17.8. The monoisotopic (exact) mass is 344 g/mol. The van der Waals surface area contributed by atoms with E-state index in [0.717, 1.165) is 44.3 Å². The van der Waals surface area contributed by atoms with Crippen molar-refractivity contribution in [1.82, 2.24) is 9.80 Å². The number of amides is 2. The van der Waals surface area contributed by atoms with Crippen molar-refractivity contribution in [3.63, 3.8) is 0 Å². The molecule has 5 nitrogen and oxygen atoms in total. The minimum absolute atomic E-state index is 0.00708. The van der Waals surface area contributed by atoms with Gasteiger partial charge in [-0.15, -0.1) is 0 Å². The van der Waals surface area contributed by atoms with Gasteiger partial charge in [-0.25, -0.2) is 0 Å². The molecular weight excluding hydrogens is 316 g/mol. The molecule has 5 heteroatoms. The highest BCUT2D eigenvalue weighted by atomic mass is 16.5. The number of rotatable bonds is 4. The molecule has 136 valence electrons. The fourth-order valence-corrected chi connectivity index (χ4v) is 3.67. The second kappa shape index (κ2) is 7.89. The third-order valence-electron chi connectivity index (χ3n) is 5.26. The maximum atomic E-state index is 12.6. The van der Waals surface area contributed by atoms with Crippen molar-refractivity contribution in [1.29, 1.82) is 0 Å². The zero-order chi connectivity index (χ0) is 17.8. The van der Waals surface area contributed by atoms with E-state index in [1.54, 1.807) is 6.92 Å². The number of likely N-dealkylation sites (tertiary alicyclic amines) is 2. The van der Waals surface area contributed by atoms with E-state index in [4.69, 9.17) is 4.74 Å². The second-order valence-electron chi connectivity index (χ2n) is 7.21. The fraction of sp³-hybridized carbons (Fsp3) is 0.600. The Hall–Kier alpha value is -2.04. The Labute approximate surface area is 149 Å². The molecule has 2 aliphatic heterocycles. The molecule has 1 aromatic rings. The Morgan fingerprint density at radius 3 is 2.20 bits per heavy atom. The van der Waals surface area contributed by atoms with Gasteiger partial charge in [0.15, 0.2) is 6.10 Å². The number of piperidine rings is 1. The molecule has 0 aromatic heterocycles. The quantitative estimate of drug-likeness (QED) is 0.844. The van der Waals surface area contributed by atoms with Crippen LogP contribution in [0.1, 0.15) is 38.2 Å². The van der Waals surface area contributed by atoms with Crippen LogP contribution in [0.4, 0.5) is 0 Å². The third-order valence-corrected chi connectivity index (χ3v) is 5.26. The summed E-state index contributed by atoms with van der Waals surface area (Å²) in [6.45, 7) is 6.91. The first-order chi connectivity index (χ1) is 12.0. The first-order valence-electron chi connectivity index (χ1n) is 9.35. The molecule has 0 spiro atoms. The van der Waals surface area contributed by atoms with Crippen LogP contribution in [-0.2, 0) is 9.59 Å². The summed E-state index contributed by atoms with van der Waals surface area (Å²) < 4.78 is 5.77. The summed E-state index contributed by atoms with van der Waals surface area (Å²) >= 11 is 0. The molecule has 2 saturated heterocycles. The molecule has 25 heavy (non-hydrogen) atoms. The zero-order valence-corrected chi connectivity index (χ0v) is 15.2. The molecule has 2 aliphatic rings. The molecule has 0 saturated carbocycles. The van der Waals surface area contributed by atoms with Gasteiger partial charge in [-0.05, 0) is 51.7 Å². The van der Waals surface area contributed by atoms with E-state index in [9.17, 15) is 9.59 Å². The standard InChI is InChI=1S/C20H28N2O3/c1-15-5-7-18(8-6-15)25-16(2)19(23)22-13-9-17(10-14-22)20(24)21-11-3-4-12-21/h5-8,16-17H,3-4,9-14H2,1-2H3. The van der Waals surface area contributed by atoms with E-state index in [1.807, 2.05) is 41.0 Å². The average Bonchev–Trinajstić information content (AvgIpc) is 3.17. The van der Waals surface area contributed by atoms with Crippen molar-refractivity contribution in [2.24, 2.45) is 5.92 Å². The normalized spacial score (nSPS) is 19.8. The minimum Gasteiger partial charge on any atom is -0.481 e. The maximum absolute atomic E-state index is 12.6. The van der Waals surface area contributed by atoms with Gasteiger partial charge in [0, 0.05) is 32.1 Å². The van der Waals surface area contributed by atoms with Crippen LogP contribution >= 0.6 is 0 Å². The second-order valence-corrected chi connectivity index (χ2v) is 7.21. The third kappa shape index (κ3) is 4.33. The number of benzene rings is 1. The van der Waals surface area contributed by atoms with Crippen LogP contribution in [0.2, 0.25) is 0 Å². The van der Waals surface area contributed by atoms with Gasteiger partial charge in [0.25, 0.3) is 5.91 Å². The summed E-state index contributed by atoms with van der Waals surface area (Å²) in [5.41, 5.74) is 1.16. The van der Waals surface area contributed by atoms with E-state index in [0.29, 0.717) is 18.8 Å². The number of hydrogen-bond donors (Lipinski definition) is 0. The molecule has 2 fully saturated rings. The Morgan fingerprint density at radius 2 is 1.60 bits per heavy atom. The van der Waals surface area contributed by atoms with Crippen LogP contribution in [0, 0.1) is 12.8 Å². The van der Waals surface area contributed by atoms with Crippen molar-refractivity contribution >= 4 is 11.8 Å². The molecule has 0 radical (unpaired) electrons. The van der Waals surface area contributed by atoms with Crippen LogP contribution in [0.5, 0.6) is 5.75 Å². The molecule has 2 amide bonds. The summed E-state index contributed by atoms with van der Waals surface area (Å²) in [7, 11) is 0. The van der Waals surface area contributed by atoms with Crippen molar-refractivity contribution in [2.75, 3.05) is 26.2 Å². The molecule has 1 unspecified atom stereocenters. The van der Waals surface area contributed by atoms with E-state index in [2.05, 4.69) is 0 Å². The summed E-state index contributed by atoms with van der Waals surface area (Å²) in [6.07, 6.45) is 3.26. The van der Waals surface area contributed by atoms with Gasteiger partial charge in [-0.2, -0.15) is 0 Å². The summed E-state index contributed by atoms with van der Waals surface area (Å²) in [4.78, 5) is 28.9. The maximum Gasteiger partial charge on any atom is 0.263 e. The molecule has 0 N–H and O–H groups in total. The molecule has 1 atom stereocenters. The van der Waals surface area contributed by atoms with E-state index >= 15 is 0 Å². The number of ether oxygens (including phenoxy) is 1. The fourth-order valence-electron chi connectivity index (χ4n) is 3.67. The zero-order valence-electron chi connectivity index (χ0n) is 15.2. The highest BCUT2D eigenvalue weighted by Gasteiger charge is 2.32. The molecule has 0 bridgehead atoms. The smallest absolute Gasteiger partial charge is 0.263 e. The molecule has 1 aromatic carbocycles. The first-order valence-corrected chi connectivity index (χ1v) is 9.35. The lowest BCUT2D eigenvalue weighted by Crippen LogP contribution is -2.47. The summed E-state index contributed by atoms with van der Waals surface area (Å²) in [6, 6.07) is 7.73. The lowest BCUT2D eigenvalue weighted by molar-refractivity contribution is -0.143. The van der Waals surface area contributed by atoms with Crippen molar-refractivity contribution in [3.05, 3.63) is 29.8 Å². The molecule has 2 heterocycles. The van der Waals surface area contributed by atoms with E-state index in [-0.39, 0.29) is 17.7 Å². The Bertz CT molecular complexity index is 600. The van der Waals surface area contributed by atoms with Crippen molar-refractivity contribution in [2.45, 2.75) is 45.6 Å². The van der Waals surface area contributed by atoms with Crippen LogP contribution < -0.4 is 4.74 Å². The van der Waals surface area contributed by atoms with E-state index in [1.165, 1.54) is 0 Å². The average molecular weight is 344 g/mol. The van der Waals surface area contributed by atoms with Gasteiger partial charge in [0.2, 0.25) is 5.91 Å². The lowest BCUT2D eigenvalue weighted by atomic mass is 9.95. The topological polar surface area (TPSA) is 49.9 Å². The van der Waals surface area contributed by atoms with Crippen LogP contribution in [0.3, 0.4) is 0 Å². The van der Waals surface area contributed by atoms with Crippen LogP contribution in [-0.4, -0.2) is 53.9 Å². The number of carbonyl (C=O) groups excluding carboxylic acids is 2. The summed E-state index contributed by atoms with van der Waals surface area (Å²) in [5.74, 6) is 1.09. The predicted molar refractivity (Wildman–Crippen MR) is 96.4 cm³/mol. The number of aryl methyl sites for hydroxylation is 1. The molecule has 3 rings (SSSR count). The van der Waals surface area contributed by atoms with Gasteiger partial charge in [-0.1, -0.05) is 17.7 Å². The molecular formula is C20H28N2O3. The van der Waals surface area contributed by atoms with Crippen molar-refractivity contribution in [3.8, 4) is 5.75 Å². The summed E-state index contributed by atoms with van der Waals surface area (Å²) in [5, 5.41) is 0. The largest absolute Gasteiger partial charge is 0.481 e. The SMILES string of the molecule is Cc1ccc(OC(C)C(=O)N2CCC(C(=O)N3CCCC3)CC2)cc1. The number of nitrogens with zero attached hydrogens (tertiary/aromatic N) is 2. The van der Waals surface area contributed by atoms with Crippen molar-refractivity contribution < 1.29 is 14.3 Å².